The van der Waals surface area contributed by atoms with Crippen molar-refractivity contribution in [3.63, 3.8) is 0 Å². The minimum absolute atomic E-state index is 0.206. The minimum atomic E-state index is -0.349. The fourth-order valence-electron chi connectivity index (χ4n) is 3.12. The van der Waals surface area contributed by atoms with Crippen molar-refractivity contribution in [2.75, 3.05) is 32.2 Å². The van der Waals surface area contributed by atoms with E-state index >= 15 is 0 Å². The van der Waals surface area contributed by atoms with Gasteiger partial charge in [0.15, 0.2) is 5.13 Å². The Morgan fingerprint density at radius 2 is 2.07 bits per heavy atom. The first-order chi connectivity index (χ1) is 13.8. The number of methoxy groups -OCH3 is 1. The summed E-state index contributed by atoms with van der Waals surface area (Å²) in [5.41, 5.74) is 3.14. The van der Waals surface area contributed by atoms with Crippen LogP contribution in [-0.2, 0) is 9.57 Å². The maximum absolute atomic E-state index is 12.6. The Bertz CT molecular complexity index is 903. The third kappa shape index (κ3) is 4.67. The number of anilines is 1. The number of halogens is 2. The van der Waals surface area contributed by atoms with Gasteiger partial charge in [0.1, 0.15) is 10.6 Å². The molecule has 2 amide bonds. The second kappa shape index (κ2) is 9.31. The fraction of sp³-hybridized carbons (Fsp3) is 0.471. The molecule has 1 fully saturated rings. The molecule has 0 aromatic carbocycles. The maximum Gasteiger partial charge on any atom is 0.286 e. The number of carbonyl (C=O) groups is 2. The van der Waals surface area contributed by atoms with Crippen LogP contribution in [0.1, 0.15) is 32.3 Å². The van der Waals surface area contributed by atoms with E-state index in [0.717, 1.165) is 0 Å². The summed E-state index contributed by atoms with van der Waals surface area (Å²) in [5, 5.41) is 4.21. The van der Waals surface area contributed by atoms with Crippen LogP contribution in [0.3, 0.4) is 0 Å². The average Bonchev–Trinajstić information content (AvgIpc) is 3.30. The smallest absolute Gasteiger partial charge is 0.286 e. The van der Waals surface area contributed by atoms with Crippen molar-refractivity contribution in [3.05, 3.63) is 32.5 Å². The molecule has 3 N–H and O–H groups in total. The molecule has 1 aliphatic heterocycles. The fourth-order valence-corrected chi connectivity index (χ4v) is 4.38. The van der Waals surface area contributed by atoms with E-state index in [9.17, 15) is 9.59 Å². The molecular weight excluding hydrogens is 441 g/mol. The van der Waals surface area contributed by atoms with Crippen molar-refractivity contribution < 1.29 is 19.2 Å². The highest BCUT2D eigenvalue weighted by atomic mass is 35.5. The van der Waals surface area contributed by atoms with Crippen LogP contribution < -0.4 is 15.7 Å². The molecule has 29 heavy (non-hydrogen) atoms. The van der Waals surface area contributed by atoms with Crippen LogP contribution in [-0.4, -0.2) is 61.2 Å². The van der Waals surface area contributed by atoms with Gasteiger partial charge in [0.2, 0.25) is 0 Å². The number of amides is 2. The van der Waals surface area contributed by atoms with Gasteiger partial charge in [-0.15, -0.1) is 0 Å². The number of hydroxylamine groups is 1. The van der Waals surface area contributed by atoms with Gasteiger partial charge in [-0.25, -0.2) is 10.5 Å². The summed E-state index contributed by atoms with van der Waals surface area (Å²) < 4.78 is 5.60. The molecule has 2 atom stereocenters. The highest BCUT2D eigenvalue weighted by molar-refractivity contribution is 7.17. The van der Waals surface area contributed by atoms with Crippen molar-refractivity contribution in [2.24, 2.45) is 0 Å². The molecule has 0 radical (unpaired) electrons. The zero-order chi connectivity index (χ0) is 21.1. The van der Waals surface area contributed by atoms with Gasteiger partial charge in [-0.3, -0.25) is 14.4 Å². The number of carbonyl (C=O) groups excluding carboxylic acids is 2. The number of hydrogen-bond acceptors (Lipinski definition) is 7. The number of H-pyrrole nitrogens is 1. The third-order valence-electron chi connectivity index (χ3n) is 4.64. The monoisotopic (exact) mass is 461 g/mol. The van der Waals surface area contributed by atoms with E-state index in [1.807, 2.05) is 4.90 Å². The van der Waals surface area contributed by atoms with Gasteiger partial charge >= 0.3 is 0 Å². The lowest BCUT2D eigenvalue weighted by Gasteiger charge is -2.37. The van der Waals surface area contributed by atoms with E-state index in [1.54, 1.807) is 14.0 Å². The topological polar surface area (TPSA) is 109 Å². The van der Waals surface area contributed by atoms with E-state index in [0.29, 0.717) is 40.2 Å². The lowest BCUT2D eigenvalue weighted by Crippen LogP contribution is -2.55. The zero-order valence-corrected chi connectivity index (χ0v) is 18.4. The van der Waals surface area contributed by atoms with E-state index in [1.165, 1.54) is 24.6 Å². The van der Waals surface area contributed by atoms with Crippen molar-refractivity contribution >= 4 is 51.5 Å². The number of aromatic amines is 1. The lowest BCUT2D eigenvalue weighted by molar-refractivity contribution is 0.0539. The molecule has 0 bridgehead atoms. The first-order valence-corrected chi connectivity index (χ1v) is 10.3. The van der Waals surface area contributed by atoms with Crippen molar-refractivity contribution in [2.45, 2.75) is 25.5 Å². The summed E-state index contributed by atoms with van der Waals surface area (Å²) in [7, 11) is 2.97. The molecule has 0 aliphatic carbocycles. The zero-order valence-electron chi connectivity index (χ0n) is 16.0. The molecule has 1 saturated heterocycles. The molecule has 2 aromatic rings. The average molecular weight is 462 g/mol. The van der Waals surface area contributed by atoms with Gasteiger partial charge in [0.25, 0.3) is 11.8 Å². The van der Waals surface area contributed by atoms with Gasteiger partial charge in [-0.05, 0) is 13.3 Å². The van der Waals surface area contributed by atoms with Crippen LogP contribution in [0.4, 0.5) is 5.13 Å². The van der Waals surface area contributed by atoms with Gasteiger partial charge < -0.3 is 19.9 Å². The number of nitrogens with one attached hydrogen (secondary N) is 3. The molecule has 1 aliphatic rings. The molecule has 2 aromatic heterocycles. The largest absolute Gasteiger partial charge is 0.377 e. The van der Waals surface area contributed by atoms with Crippen LogP contribution in [0.25, 0.3) is 0 Å². The summed E-state index contributed by atoms with van der Waals surface area (Å²) in [6, 6.07) is -0.210. The number of aryl methyl sites for hydroxylation is 1. The molecular formula is C17H21Cl2N5O4S. The summed E-state index contributed by atoms with van der Waals surface area (Å²) in [4.78, 5) is 38.8. The first kappa shape index (κ1) is 21.8. The van der Waals surface area contributed by atoms with Crippen LogP contribution in [0.15, 0.2) is 6.20 Å². The van der Waals surface area contributed by atoms with Crippen molar-refractivity contribution in [1.82, 2.24) is 20.8 Å². The standard InChI is InChI=1S/C17H21Cl2N5O4S/c1-8-12(18)13(19)14(21-8)16(26)22-9-4-5-24(7-10(9)27-2)17-20-6-11(29-17)15(25)23-28-3/h6,9-10,21H,4-5,7H2,1-3H3,(H,22,26)(H,23,25)/t9-,10+/m1/s1. The summed E-state index contributed by atoms with van der Waals surface area (Å²) in [6.45, 7) is 2.90. The predicted octanol–water partition coefficient (Wildman–Crippen LogP) is 2.40. The van der Waals surface area contributed by atoms with Gasteiger partial charge in [-0.2, -0.15) is 0 Å². The number of nitrogens with zero attached hydrogens (tertiary/aromatic N) is 2. The second-order valence-electron chi connectivity index (χ2n) is 6.48. The lowest BCUT2D eigenvalue weighted by atomic mass is 10.0. The van der Waals surface area contributed by atoms with Crippen LogP contribution >= 0.6 is 34.5 Å². The van der Waals surface area contributed by atoms with Crippen molar-refractivity contribution in [1.29, 1.82) is 0 Å². The number of hydrogen-bond donors (Lipinski definition) is 3. The van der Waals surface area contributed by atoms with E-state index in [2.05, 4.69) is 25.6 Å². The third-order valence-corrected chi connectivity index (χ3v) is 6.65. The molecule has 9 nitrogen and oxygen atoms in total. The molecule has 158 valence electrons. The van der Waals surface area contributed by atoms with Gasteiger partial charge in [0, 0.05) is 25.9 Å². The molecule has 0 spiro atoms. The molecule has 12 heteroatoms. The predicted molar refractivity (Wildman–Crippen MR) is 111 cm³/mol. The molecule has 0 unspecified atom stereocenters. The maximum atomic E-state index is 12.6. The minimum Gasteiger partial charge on any atom is -0.377 e. The van der Waals surface area contributed by atoms with Crippen LogP contribution in [0.5, 0.6) is 0 Å². The van der Waals surface area contributed by atoms with E-state index in [4.69, 9.17) is 27.9 Å². The normalized spacial score (nSPS) is 19.3. The number of aromatic nitrogens is 2. The molecule has 3 heterocycles. The number of ether oxygens (including phenoxy) is 1. The molecule has 3 rings (SSSR count). The van der Waals surface area contributed by atoms with E-state index < -0.39 is 0 Å². The Hall–Kier alpha value is -1.85. The van der Waals surface area contributed by atoms with Gasteiger partial charge in [0.05, 0.1) is 35.5 Å². The number of thiazole rings is 1. The van der Waals surface area contributed by atoms with Crippen LogP contribution in [0.2, 0.25) is 10.0 Å². The summed E-state index contributed by atoms with van der Waals surface area (Å²) in [5.74, 6) is -0.684. The Labute approximate surface area is 181 Å². The Morgan fingerprint density at radius 3 is 2.69 bits per heavy atom. The quantitative estimate of drug-likeness (QED) is 0.569. The second-order valence-corrected chi connectivity index (χ2v) is 8.25. The summed E-state index contributed by atoms with van der Waals surface area (Å²) >= 11 is 13.5. The SMILES string of the molecule is CONC(=O)c1cnc(N2CC[C@@H](NC(=O)c3[nH]c(C)c(Cl)c3Cl)[C@@H](OC)C2)s1. The first-order valence-electron chi connectivity index (χ1n) is 8.77. The number of rotatable bonds is 6. The molecule has 0 saturated carbocycles. The van der Waals surface area contributed by atoms with E-state index in [-0.39, 0.29) is 34.7 Å². The Morgan fingerprint density at radius 1 is 1.31 bits per heavy atom. The Balaban J connectivity index is 1.66. The van der Waals surface area contributed by atoms with Crippen molar-refractivity contribution in [3.8, 4) is 0 Å². The van der Waals surface area contributed by atoms with Crippen LogP contribution in [0, 0.1) is 6.92 Å². The van der Waals surface area contributed by atoms with Gasteiger partial charge in [-0.1, -0.05) is 34.5 Å². The summed E-state index contributed by atoms with van der Waals surface area (Å²) in [6.07, 6.45) is 1.87. The number of piperidine rings is 1. The Kier molecular flexibility index (Phi) is 7.01. The highest BCUT2D eigenvalue weighted by Crippen LogP contribution is 2.30. The highest BCUT2D eigenvalue weighted by Gasteiger charge is 2.33.